The molecular formula is C9H15NOS. The topological polar surface area (TPSA) is 25.2 Å². The summed E-state index contributed by atoms with van der Waals surface area (Å²) in [6.45, 7) is 1.10. The van der Waals surface area contributed by atoms with Gasteiger partial charge in [0.25, 0.3) is 0 Å². The third-order valence-electron chi connectivity index (χ3n) is 1.54. The maximum absolute atomic E-state index is 5.20. The van der Waals surface area contributed by atoms with Crippen molar-refractivity contribution in [1.29, 1.82) is 0 Å². The summed E-state index contributed by atoms with van der Waals surface area (Å²) >= 11 is 1.92. The number of furan rings is 1. The van der Waals surface area contributed by atoms with Gasteiger partial charge < -0.3 is 9.73 Å². The lowest BCUT2D eigenvalue weighted by molar-refractivity contribution is 0.530. The molecule has 1 heterocycles. The van der Waals surface area contributed by atoms with E-state index in [4.69, 9.17) is 4.42 Å². The molecule has 0 bridgehead atoms. The number of rotatable bonds is 6. The Morgan fingerprint density at radius 3 is 3.17 bits per heavy atom. The minimum atomic E-state index is 0.997. The SMILES string of the molecule is CNCCCSCc1ccco1. The van der Waals surface area contributed by atoms with Gasteiger partial charge in [0.15, 0.2) is 0 Å². The van der Waals surface area contributed by atoms with Crippen molar-refractivity contribution >= 4 is 11.8 Å². The molecule has 1 rings (SSSR count). The second kappa shape index (κ2) is 6.14. The average molecular weight is 185 g/mol. The first kappa shape index (κ1) is 9.68. The van der Waals surface area contributed by atoms with Gasteiger partial charge in [-0.15, -0.1) is 0 Å². The first-order chi connectivity index (χ1) is 5.93. The zero-order chi connectivity index (χ0) is 8.65. The van der Waals surface area contributed by atoms with E-state index >= 15 is 0 Å². The van der Waals surface area contributed by atoms with Crippen molar-refractivity contribution in [3.8, 4) is 0 Å². The van der Waals surface area contributed by atoms with E-state index in [9.17, 15) is 0 Å². The van der Waals surface area contributed by atoms with Crippen LogP contribution in [0.25, 0.3) is 0 Å². The Bertz CT molecular complexity index is 186. The third-order valence-corrected chi connectivity index (χ3v) is 2.61. The average Bonchev–Trinajstić information content (AvgIpc) is 2.57. The molecular weight excluding hydrogens is 170 g/mol. The Morgan fingerprint density at radius 2 is 2.50 bits per heavy atom. The van der Waals surface area contributed by atoms with Gasteiger partial charge in [0.1, 0.15) is 5.76 Å². The van der Waals surface area contributed by atoms with Gasteiger partial charge in [-0.3, -0.25) is 0 Å². The monoisotopic (exact) mass is 185 g/mol. The molecule has 0 aliphatic rings. The van der Waals surface area contributed by atoms with E-state index in [1.54, 1.807) is 6.26 Å². The van der Waals surface area contributed by atoms with Gasteiger partial charge in [0.2, 0.25) is 0 Å². The molecule has 0 radical (unpaired) electrons. The minimum absolute atomic E-state index is 0.997. The molecule has 3 heteroatoms. The third kappa shape index (κ3) is 3.83. The molecule has 1 aromatic heterocycles. The predicted octanol–water partition coefficient (Wildman–Crippen LogP) is 2.12. The van der Waals surface area contributed by atoms with Crippen LogP contribution in [0.1, 0.15) is 12.2 Å². The number of thioether (sulfide) groups is 1. The summed E-state index contributed by atoms with van der Waals surface area (Å²) in [5.41, 5.74) is 0. The van der Waals surface area contributed by atoms with Gasteiger partial charge in [-0.25, -0.2) is 0 Å². The Balaban J connectivity index is 1.96. The van der Waals surface area contributed by atoms with Gasteiger partial charge in [-0.05, 0) is 37.9 Å². The van der Waals surface area contributed by atoms with Crippen LogP contribution in [0.2, 0.25) is 0 Å². The van der Waals surface area contributed by atoms with Crippen molar-refractivity contribution in [2.24, 2.45) is 0 Å². The van der Waals surface area contributed by atoms with Gasteiger partial charge in [0, 0.05) is 0 Å². The molecule has 0 unspecified atom stereocenters. The van der Waals surface area contributed by atoms with Gasteiger partial charge in [-0.2, -0.15) is 11.8 Å². The summed E-state index contributed by atoms with van der Waals surface area (Å²) in [5, 5.41) is 3.12. The van der Waals surface area contributed by atoms with E-state index in [0.717, 1.165) is 18.1 Å². The fraction of sp³-hybridized carbons (Fsp3) is 0.556. The van der Waals surface area contributed by atoms with Gasteiger partial charge in [-0.1, -0.05) is 0 Å². The standard InChI is InChI=1S/C9H15NOS/c1-10-5-3-7-12-8-9-4-2-6-11-9/h2,4,6,10H,3,5,7-8H2,1H3. The summed E-state index contributed by atoms with van der Waals surface area (Å²) in [6, 6.07) is 3.95. The maximum Gasteiger partial charge on any atom is 0.113 e. The summed E-state index contributed by atoms with van der Waals surface area (Å²) in [4.78, 5) is 0. The number of hydrogen-bond donors (Lipinski definition) is 1. The van der Waals surface area contributed by atoms with Crippen LogP contribution in [-0.4, -0.2) is 19.3 Å². The highest BCUT2D eigenvalue weighted by atomic mass is 32.2. The molecule has 1 aromatic rings. The summed E-state index contributed by atoms with van der Waals surface area (Å²) < 4.78 is 5.20. The highest BCUT2D eigenvalue weighted by Crippen LogP contribution is 2.12. The lowest BCUT2D eigenvalue weighted by Crippen LogP contribution is -2.08. The van der Waals surface area contributed by atoms with Crippen LogP contribution >= 0.6 is 11.8 Å². The van der Waals surface area contributed by atoms with Crippen LogP contribution in [0.3, 0.4) is 0 Å². The zero-order valence-corrected chi connectivity index (χ0v) is 8.19. The second-order valence-electron chi connectivity index (χ2n) is 2.59. The molecule has 2 nitrogen and oxygen atoms in total. The van der Waals surface area contributed by atoms with Gasteiger partial charge >= 0.3 is 0 Å². The molecule has 0 amide bonds. The van der Waals surface area contributed by atoms with E-state index in [1.807, 2.05) is 30.9 Å². The van der Waals surface area contributed by atoms with E-state index in [2.05, 4.69) is 5.32 Å². The lowest BCUT2D eigenvalue weighted by Gasteiger charge is -1.98. The largest absolute Gasteiger partial charge is 0.468 e. The van der Waals surface area contributed by atoms with E-state index in [1.165, 1.54) is 12.2 Å². The summed E-state index contributed by atoms with van der Waals surface area (Å²) in [5.74, 6) is 3.27. The second-order valence-corrected chi connectivity index (χ2v) is 3.69. The quantitative estimate of drug-likeness (QED) is 0.687. The molecule has 68 valence electrons. The molecule has 0 saturated heterocycles. The molecule has 0 atom stereocenters. The van der Waals surface area contributed by atoms with Gasteiger partial charge in [0.05, 0.1) is 12.0 Å². The predicted molar refractivity (Wildman–Crippen MR) is 53.4 cm³/mol. The van der Waals surface area contributed by atoms with Crippen molar-refractivity contribution < 1.29 is 4.42 Å². The molecule has 0 spiro atoms. The Labute approximate surface area is 77.7 Å². The minimum Gasteiger partial charge on any atom is -0.468 e. The Hall–Kier alpha value is -0.410. The Kier molecular flexibility index (Phi) is 4.95. The summed E-state index contributed by atoms with van der Waals surface area (Å²) in [7, 11) is 1.98. The smallest absolute Gasteiger partial charge is 0.113 e. The van der Waals surface area contributed by atoms with Crippen LogP contribution in [0.15, 0.2) is 22.8 Å². The molecule has 0 aliphatic heterocycles. The van der Waals surface area contributed by atoms with Crippen molar-refractivity contribution in [3.05, 3.63) is 24.2 Å². The van der Waals surface area contributed by atoms with Crippen molar-refractivity contribution in [2.45, 2.75) is 12.2 Å². The fourth-order valence-electron chi connectivity index (χ4n) is 0.918. The molecule has 0 aromatic carbocycles. The number of hydrogen-bond acceptors (Lipinski definition) is 3. The molecule has 0 saturated carbocycles. The van der Waals surface area contributed by atoms with Crippen molar-refractivity contribution in [3.63, 3.8) is 0 Å². The van der Waals surface area contributed by atoms with Crippen LogP contribution < -0.4 is 5.32 Å². The van der Waals surface area contributed by atoms with E-state index < -0.39 is 0 Å². The van der Waals surface area contributed by atoms with E-state index in [-0.39, 0.29) is 0 Å². The van der Waals surface area contributed by atoms with Crippen LogP contribution in [0.5, 0.6) is 0 Å². The van der Waals surface area contributed by atoms with Crippen molar-refractivity contribution in [1.82, 2.24) is 5.32 Å². The lowest BCUT2D eigenvalue weighted by atomic mass is 10.5. The summed E-state index contributed by atoms with van der Waals surface area (Å²) in [6.07, 6.45) is 2.95. The molecule has 12 heavy (non-hydrogen) atoms. The zero-order valence-electron chi connectivity index (χ0n) is 7.38. The van der Waals surface area contributed by atoms with E-state index in [0.29, 0.717) is 0 Å². The van der Waals surface area contributed by atoms with Crippen LogP contribution in [0, 0.1) is 0 Å². The molecule has 0 aliphatic carbocycles. The number of nitrogens with one attached hydrogen (secondary N) is 1. The highest BCUT2D eigenvalue weighted by Gasteiger charge is 1.94. The first-order valence-electron chi connectivity index (χ1n) is 4.18. The maximum atomic E-state index is 5.20. The first-order valence-corrected chi connectivity index (χ1v) is 5.33. The van der Waals surface area contributed by atoms with Crippen LogP contribution in [0.4, 0.5) is 0 Å². The normalized spacial score (nSPS) is 10.4. The highest BCUT2D eigenvalue weighted by molar-refractivity contribution is 7.98. The van der Waals surface area contributed by atoms with Crippen molar-refractivity contribution in [2.75, 3.05) is 19.3 Å². The molecule has 0 fully saturated rings. The fourth-order valence-corrected chi connectivity index (χ4v) is 1.78. The van der Waals surface area contributed by atoms with Crippen LogP contribution in [-0.2, 0) is 5.75 Å². The Morgan fingerprint density at radius 1 is 1.58 bits per heavy atom. The molecule has 1 N–H and O–H groups in total.